The van der Waals surface area contributed by atoms with Gasteiger partial charge < -0.3 is 10.4 Å². The molecule has 0 saturated carbocycles. The predicted molar refractivity (Wildman–Crippen MR) is 60.2 cm³/mol. The summed E-state index contributed by atoms with van der Waals surface area (Å²) in [4.78, 5) is 10.9. The van der Waals surface area contributed by atoms with Crippen LogP contribution in [0.5, 0.6) is 0 Å². The van der Waals surface area contributed by atoms with Gasteiger partial charge in [0.1, 0.15) is 0 Å². The molecule has 1 aromatic carbocycles. The number of aliphatic carboxylic acids is 1. The van der Waals surface area contributed by atoms with E-state index in [1.807, 2.05) is 30.3 Å². The van der Waals surface area contributed by atoms with E-state index >= 15 is 0 Å². The van der Waals surface area contributed by atoms with Gasteiger partial charge in [-0.25, -0.2) is 0 Å². The summed E-state index contributed by atoms with van der Waals surface area (Å²) in [7, 11) is 0. The summed E-state index contributed by atoms with van der Waals surface area (Å²) in [5.41, 5.74) is 1.07. The number of rotatable bonds is 2. The van der Waals surface area contributed by atoms with Crippen LogP contribution in [0.3, 0.4) is 0 Å². The van der Waals surface area contributed by atoms with E-state index in [9.17, 15) is 4.79 Å². The molecule has 1 aromatic rings. The number of benzene rings is 1. The quantitative estimate of drug-likeness (QED) is 0.811. The molecule has 0 amide bonds. The molecule has 1 aliphatic heterocycles. The van der Waals surface area contributed by atoms with Crippen molar-refractivity contribution in [2.24, 2.45) is 5.92 Å². The van der Waals surface area contributed by atoms with E-state index in [1.165, 1.54) is 0 Å². The van der Waals surface area contributed by atoms with E-state index in [1.54, 1.807) is 0 Å². The highest BCUT2D eigenvalue weighted by Gasteiger charge is 2.33. The summed E-state index contributed by atoms with van der Waals surface area (Å²) in [6.07, 6.45) is 0.717. The van der Waals surface area contributed by atoms with Crippen LogP contribution in [-0.4, -0.2) is 17.6 Å². The molecule has 0 spiro atoms. The zero-order chi connectivity index (χ0) is 9.97. The summed E-state index contributed by atoms with van der Waals surface area (Å²) in [6.45, 7) is 0.788. The fraction of sp³-hybridized carbons (Fsp3) is 0.364. The molecule has 4 heteroatoms. The second-order valence-corrected chi connectivity index (χ2v) is 3.58. The number of carboxylic acids is 1. The van der Waals surface area contributed by atoms with Crippen LogP contribution in [0.2, 0.25) is 0 Å². The Kier molecular flexibility index (Phi) is 4.12. The maximum atomic E-state index is 10.9. The molecule has 1 heterocycles. The molecule has 1 saturated heterocycles. The van der Waals surface area contributed by atoms with Crippen molar-refractivity contribution >= 4 is 18.4 Å². The molecule has 82 valence electrons. The number of carbonyl (C=O) groups is 1. The number of carboxylic acid groups (broad SMARTS) is 1. The SMILES string of the molecule is Cl.O=C(O)[C@@H]1CCN[C@H]1c1ccccc1. The van der Waals surface area contributed by atoms with Gasteiger partial charge in [-0.2, -0.15) is 0 Å². The molecule has 2 N–H and O–H groups in total. The van der Waals surface area contributed by atoms with E-state index in [0.717, 1.165) is 18.5 Å². The van der Waals surface area contributed by atoms with Gasteiger partial charge in [-0.1, -0.05) is 30.3 Å². The highest BCUT2D eigenvalue weighted by Crippen LogP contribution is 2.29. The average molecular weight is 228 g/mol. The van der Waals surface area contributed by atoms with E-state index in [4.69, 9.17) is 5.11 Å². The number of nitrogens with one attached hydrogen (secondary N) is 1. The van der Waals surface area contributed by atoms with Crippen molar-refractivity contribution in [3.8, 4) is 0 Å². The summed E-state index contributed by atoms with van der Waals surface area (Å²) in [5, 5.41) is 12.2. The highest BCUT2D eigenvalue weighted by atomic mass is 35.5. The van der Waals surface area contributed by atoms with Gasteiger partial charge in [-0.05, 0) is 18.5 Å². The Bertz CT molecular complexity index is 329. The van der Waals surface area contributed by atoms with Crippen LogP contribution < -0.4 is 5.32 Å². The minimum atomic E-state index is -0.705. The lowest BCUT2D eigenvalue weighted by molar-refractivity contribution is -0.142. The first-order valence-electron chi connectivity index (χ1n) is 4.80. The third-order valence-corrected chi connectivity index (χ3v) is 2.70. The number of hydrogen-bond acceptors (Lipinski definition) is 2. The van der Waals surface area contributed by atoms with Crippen LogP contribution in [0.15, 0.2) is 30.3 Å². The largest absolute Gasteiger partial charge is 0.481 e. The lowest BCUT2D eigenvalue weighted by Gasteiger charge is -2.15. The van der Waals surface area contributed by atoms with Gasteiger partial charge in [0.05, 0.1) is 5.92 Å². The summed E-state index contributed by atoms with van der Waals surface area (Å²) in [6, 6.07) is 9.74. The van der Waals surface area contributed by atoms with Gasteiger partial charge in [0.2, 0.25) is 0 Å². The third-order valence-electron chi connectivity index (χ3n) is 2.70. The molecule has 0 aromatic heterocycles. The van der Waals surface area contributed by atoms with Crippen LogP contribution in [0.1, 0.15) is 18.0 Å². The molecular formula is C11H14ClNO2. The first-order valence-corrected chi connectivity index (χ1v) is 4.80. The van der Waals surface area contributed by atoms with Crippen LogP contribution in [0.25, 0.3) is 0 Å². The monoisotopic (exact) mass is 227 g/mol. The Labute approximate surface area is 94.9 Å². The molecule has 1 aliphatic rings. The second-order valence-electron chi connectivity index (χ2n) is 3.58. The first-order chi connectivity index (χ1) is 6.79. The Morgan fingerprint density at radius 1 is 1.33 bits per heavy atom. The molecule has 15 heavy (non-hydrogen) atoms. The maximum absolute atomic E-state index is 10.9. The van der Waals surface area contributed by atoms with Crippen molar-refractivity contribution < 1.29 is 9.90 Å². The summed E-state index contributed by atoms with van der Waals surface area (Å²) < 4.78 is 0. The lowest BCUT2D eigenvalue weighted by Crippen LogP contribution is -2.23. The highest BCUT2D eigenvalue weighted by molar-refractivity contribution is 5.85. The summed E-state index contributed by atoms with van der Waals surface area (Å²) in [5.74, 6) is -0.985. The van der Waals surface area contributed by atoms with Gasteiger partial charge in [0.15, 0.2) is 0 Å². The van der Waals surface area contributed by atoms with Crippen molar-refractivity contribution in [3.63, 3.8) is 0 Å². The van der Waals surface area contributed by atoms with Crippen LogP contribution in [0.4, 0.5) is 0 Å². The fourth-order valence-electron chi connectivity index (χ4n) is 1.98. The first kappa shape index (κ1) is 12.0. The molecular weight excluding hydrogens is 214 g/mol. The van der Waals surface area contributed by atoms with Crippen molar-refractivity contribution in [2.75, 3.05) is 6.54 Å². The maximum Gasteiger partial charge on any atom is 0.308 e. The Balaban J connectivity index is 0.00000112. The molecule has 0 unspecified atom stereocenters. The van der Waals surface area contributed by atoms with E-state index in [-0.39, 0.29) is 24.4 Å². The van der Waals surface area contributed by atoms with Crippen molar-refractivity contribution in [1.29, 1.82) is 0 Å². The molecule has 0 aliphatic carbocycles. The van der Waals surface area contributed by atoms with Crippen molar-refractivity contribution in [2.45, 2.75) is 12.5 Å². The lowest BCUT2D eigenvalue weighted by atomic mass is 9.94. The average Bonchev–Trinajstić information content (AvgIpc) is 2.67. The van der Waals surface area contributed by atoms with Crippen molar-refractivity contribution in [1.82, 2.24) is 5.32 Å². The second kappa shape index (κ2) is 5.14. The molecule has 1 fully saturated rings. The Morgan fingerprint density at radius 3 is 2.60 bits per heavy atom. The van der Waals surface area contributed by atoms with Gasteiger partial charge in [0.25, 0.3) is 0 Å². The number of hydrogen-bond donors (Lipinski definition) is 2. The standard InChI is InChI=1S/C11H13NO2.ClH/c13-11(14)9-6-7-12-10(9)8-4-2-1-3-5-8;/h1-5,9-10,12H,6-7H2,(H,13,14);1H/t9-,10+;/m1./s1. The Hall–Kier alpha value is -1.06. The zero-order valence-corrected chi connectivity index (χ0v) is 9.04. The fourth-order valence-corrected chi connectivity index (χ4v) is 1.98. The van der Waals surface area contributed by atoms with Crippen molar-refractivity contribution in [3.05, 3.63) is 35.9 Å². The molecule has 0 bridgehead atoms. The minimum Gasteiger partial charge on any atom is -0.481 e. The zero-order valence-electron chi connectivity index (χ0n) is 8.22. The molecule has 3 nitrogen and oxygen atoms in total. The van der Waals surface area contributed by atoms with Gasteiger partial charge in [0, 0.05) is 6.04 Å². The normalized spacial score (nSPS) is 24.5. The van der Waals surface area contributed by atoms with Crippen LogP contribution in [-0.2, 0) is 4.79 Å². The van der Waals surface area contributed by atoms with Gasteiger partial charge in [-0.3, -0.25) is 4.79 Å². The third kappa shape index (κ3) is 2.49. The smallest absolute Gasteiger partial charge is 0.308 e. The van der Waals surface area contributed by atoms with Crippen LogP contribution >= 0.6 is 12.4 Å². The van der Waals surface area contributed by atoms with E-state index < -0.39 is 5.97 Å². The van der Waals surface area contributed by atoms with Crippen LogP contribution in [0, 0.1) is 5.92 Å². The topological polar surface area (TPSA) is 49.3 Å². The molecule has 2 atom stereocenters. The molecule has 0 radical (unpaired) electrons. The number of halogens is 1. The van der Waals surface area contributed by atoms with E-state index in [0.29, 0.717) is 0 Å². The molecule has 2 rings (SSSR count). The summed E-state index contributed by atoms with van der Waals surface area (Å²) >= 11 is 0. The Morgan fingerprint density at radius 2 is 2.00 bits per heavy atom. The van der Waals surface area contributed by atoms with Gasteiger partial charge >= 0.3 is 5.97 Å². The van der Waals surface area contributed by atoms with Gasteiger partial charge in [-0.15, -0.1) is 12.4 Å². The predicted octanol–water partition coefficient (Wildman–Crippen LogP) is 1.84. The minimum absolute atomic E-state index is 0. The van der Waals surface area contributed by atoms with E-state index in [2.05, 4.69) is 5.32 Å².